The predicted molar refractivity (Wildman–Crippen MR) is 117 cm³/mol. The van der Waals surface area contributed by atoms with Crippen LogP contribution in [0.15, 0.2) is 29.2 Å². The smallest absolute Gasteiger partial charge is 0.301 e. The molecule has 30 heavy (non-hydrogen) atoms. The molecular formula is C19H19Cl2N5O3S. The van der Waals surface area contributed by atoms with Crippen LogP contribution in [0.1, 0.15) is 20.9 Å². The van der Waals surface area contributed by atoms with E-state index in [4.69, 9.17) is 23.2 Å². The Labute approximate surface area is 186 Å². The van der Waals surface area contributed by atoms with Gasteiger partial charge in [0.05, 0.1) is 10.0 Å². The number of halogens is 2. The van der Waals surface area contributed by atoms with Crippen molar-refractivity contribution >= 4 is 45.4 Å². The van der Waals surface area contributed by atoms with E-state index >= 15 is 0 Å². The minimum atomic E-state index is -0.675. The summed E-state index contributed by atoms with van der Waals surface area (Å²) in [4.78, 5) is 32.9. The summed E-state index contributed by atoms with van der Waals surface area (Å²) in [5, 5.41) is 17.0. The van der Waals surface area contributed by atoms with E-state index in [1.165, 1.54) is 15.7 Å². The monoisotopic (exact) mass is 467 g/mol. The van der Waals surface area contributed by atoms with Crippen molar-refractivity contribution in [1.29, 1.82) is 0 Å². The highest BCUT2D eigenvalue weighted by atomic mass is 35.5. The molecule has 0 radical (unpaired) electrons. The van der Waals surface area contributed by atoms with Crippen LogP contribution in [-0.4, -0.2) is 51.5 Å². The summed E-state index contributed by atoms with van der Waals surface area (Å²) in [7, 11) is 0. The molecule has 0 saturated carbocycles. The third-order valence-electron chi connectivity index (χ3n) is 4.80. The molecule has 8 nitrogen and oxygen atoms in total. The second-order valence-electron chi connectivity index (χ2n) is 6.92. The lowest BCUT2D eigenvalue weighted by Gasteiger charge is -2.26. The predicted octanol–water partition coefficient (Wildman–Crippen LogP) is 2.10. The number of hydrogen-bond donors (Lipinski definition) is 3. The van der Waals surface area contributed by atoms with Gasteiger partial charge in [-0.15, -0.1) is 0 Å². The first-order valence-electron chi connectivity index (χ1n) is 9.31. The average molecular weight is 468 g/mol. The van der Waals surface area contributed by atoms with Gasteiger partial charge in [0.2, 0.25) is 5.75 Å². The molecule has 4 rings (SSSR count). The van der Waals surface area contributed by atoms with Crippen molar-refractivity contribution in [2.45, 2.75) is 13.1 Å². The fourth-order valence-electron chi connectivity index (χ4n) is 3.21. The highest BCUT2D eigenvalue weighted by Gasteiger charge is 2.21. The summed E-state index contributed by atoms with van der Waals surface area (Å²) in [6.07, 6.45) is 1.68. The van der Waals surface area contributed by atoms with Crippen LogP contribution < -0.4 is 16.2 Å². The first kappa shape index (κ1) is 21.1. The molecule has 1 aliphatic rings. The molecule has 1 fully saturated rings. The van der Waals surface area contributed by atoms with E-state index in [-0.39, 0.29) is 12.2 Å². The van der Waals surface area contributed by atoms with Gasteiger partial charge >= 0.3 is 5.56 Å². The summed E-state index contributed by atoms with van der Waals surface area (Å²) < 4.78 is 1.28. The molecule has 0 unspecified atom stereocenters. The number of aromatic nitrogens is 2. The van der Waals surface area contributed by atoms with Gasteiger partial charge in [-0.25, -0.2) is 4.98 Å². The Morgan fingerprint density at radius 1 is 1.27 bits per heavy atom. The molecule has 3 aromatic rings. The standard InChI is InChI=1S/C19H19Cl2N5O3S/c20-13-2-1-11(7-14(13)21)8-23-17(28)15-16(27)18(29)26-10-12(30-19(26)24-15)9-25-5-3-22-4-6-25/h1-2,7,10,22,27H,3-6,8-9H2,(H,23,28). The van der Waals surface area contributed by atoms with Gasteiger partial charge in [0.1, 0.15) is 0 Å². The lowest BCUT2D eigenvalue weighted by atomic mass is 10.2. The quantitative estimate of drug-likeness (QED) is 0.531. The van der Waals surface area contributed by atoms with Crippen LogP contribution in [0.4, 0.5) is 0 Å². The van der Waals surface area contributed by atoms with E-state index in [9.17, 15) is 14.7 Å². The Hall–Kier alpha value is -2.17. The van der Waals surface area contributed by atoms with Crippen molar-refractivity contribution in [2.24, 2.45) is 0 Å². The van der Waals surface area contributed by atoms with Gasteiger partial charge in [-0.1, -0.05) is 40.6 Å². The van der Waals surface area contributed by atoms with Crippen LogP contribution >= 0.6 is 34.5 Å². The Kier molecular flexibility index (Phi) is 6.26. The molecule has 3 N–H and O–H groups in total. The third-order valence-corrected chi connectivity index (χ3v) is 6.50. The molecule has 1 saturated heterocycles. The number of nitrogens with zero attached hydrogens (tertiary/aromatic N) is 3. The first-order chi connectivity index (χ1) is 14.4. The molecule has 0 atom stereocenters. The Bertz CT molecular complexity index is 1160. The molecule has 1 aromatic carbocycles. The summed E-state index contributed by atoms with van der Waals surface area (Å²) in [6.45, 7) is 4.53. The molecule has 0 spiro atoms. The lowest BCUT2D eigenvalue weighted by molar-refractivity contribution is 0.0943. The van der Waals surface area contributed by atoms with Crippen molar-refractivity contribution in [3.8, 4) is 5.75 Å². The van der Waals surface area contributed by atoms with Gasteiger partial charge in [0.25, 0.3) is 5.91 Å². The number of carbonyl (C=O) groups excluding carboxylic acids is 1. The number of aromatic hydroxyl groups is 1. The molecule has 1 aliphatic heterocycles. The van der Waals surface area contributed by atoms with Crippen molar-refractivity contribution in [3.05, 3.63) is 60.9 Å². The molecule has 0 bridgehead atoms. The number of thiazole rings is 1. The van der Waals surface area contributed by atoms with Crippen molar-refractivity contribution < 1.29 is 9.90 Å². The minimum absolute atomic E-state index is 0.148. The maximum absolute atomic E-state index is 12.6. The Balaban J connectivity index is 1.54. The molecule has 158 valence electrons. The number of rotatable bonds is 5. The fraction of sp³-hybridized carbons (Fsp3) is 0.316. The molecule has 11 heteroatoms. The zero-order valence-corrected chi connectivity index (χ0v) is 18.1. The van der Waals surface area contributed by atoms with Crippen LogP contribution in [0.25, 0.3) is 4.96 Å². The fourth-order valence-corrected chi connectivity index (χ4v) is 4.55. The summed E-state index contributed by atoms with van der Waals surface area (Å²) in [5.74, 6) is -1.32. The zero-order chi connectivity index (χ0) is 21.3. The van der Waals surface area contributed by atoms with Gasteiger partial charge in [0, 0.05) is 50.3 Å². The first-order valence-corrected chi connectivity index (χ1v) is 10.9. The molecular weight excluding hydrogens is 449 g/mol. The van der Waals surface area contributed by atoms with E-state index in [0.29, 0.717) is 21.6 Å². The largest absolute Gasteiger partial charge is 0.501 e. The molecule has 1 amide bonds. The maximum Gasteiger partial charge on any atom is 0.301 e. The number of amides is 1. The van der Waals surface area contributed by atoms with Crippen LogP contribution in [-0.2, 0) is 13.1 Å². The van der Waals surface area contributed by atoms with Gasteiger partial charge < -0.3 is 15.7 Å². The van der Waals surface area contributed by atoms with Gasteiger partial charge in [-0.05, 0) is 17.7 Å². The zero-order valence-electron chi connectivity index (χ0n) is 15.8. The average Bonchev–Trinajstić information content (AvgIpc) is 3.14. The molecule has 3 heterocycles. The van der Waals surface area contributed by atoms with Crippen molar-refractivity contribution in [1.82, 2.24) is 24.9 Å². The third kappa shape index (κ3) is 4.45. The van der Waals surface area contributed by atoms with E-state index in [1.807, 2.05) is 0 Å². The lowest BCUT2D eigenvalue weighted by Crippen LogP contribution is -2.42. The number of nitrogens with one attached hydrogen (secondary N) is 2. The van der Waals surface area contributed by atoms with E-state index in [2.05, 4.69) is 20.5 Å². The van der Waals surface area contributed by atoms with Crippen LogP contribution in [0, 0.1) is 0 Å². The topological polar surface area (TPSA) is 99.0 Å². The van der Waals surface area contributed by atoms with Crippen molar-refractivity contribution in [2.75, 3.05) is 26.2 Å². The van der Waals surface area contributed by atoms with E-state index < -0.39 is 17.2 Å². The maximum atomic E-state index is 12.6. The molecule has 0 aliphatic carbocycles. The van der Waals surface area contributed by atoms with E-state index in [0.717, 1.165) is 36.6 Å². The van der Waals surface area contributed by atoms with Crippen LogP contribution in [0.2, 0.25) is 10.0 Å². The number of fused-ring (bicyclic) bond motifs is 1. The van der Waals surface area contributed by atoms with Crippen molar-refractivity contribution in [3.63, 3.8) is 0 Å². The Morgan fingerprint density at radius 3 is 2.77 bits per heavy atom. The number of piperazine rings is 1. The van der Waals surface area contributed by atoms with Gasteiger partial charge in [-0.3, -0.25) is 18.9 Å². The number of hydrogen-bond acceptors (Lipinski definition) is 7. The van der Waals surface area contributed by atoms with E-state index in [1.54, 1.807) is 24.4 Å². The minimum Gasteiger partial charge on any atom is -0.501 e. The second-order valence-corrected chi connectivity index (χ2v) is 8.83. The Morgan fingerprint density at radius 2 is 2.03 bits per heavy atom. The highest BCUT2D eigenvalue weighted by molar-refractivity contribution is 7.17. The number of carbonyl (C=O) groups is 1. The highest BCUT2D eigenvalue weighted by Crippen LogP contribution is 2.23. The SMILES string of the molecule is O=C(NCc1ccc(Cl)c(Cl)c1)c1nc2sc(CN3CCNCC3)cn2c(=O)c1O. The molecule has 2 aromatic heterocycles. The normalized spacial score (nSPS) is 14.9. The van der Waals surface area contributed by atoms with Gasteiger partial charge in [0.15, 0.2) is 10.7 Å². The summed E-state index contributed by atoms with van der Waals surface area (Å²) >= 11 is 13.2. The number of benzene rings is 1. The van der Waals surface area contributed by atoms with Gasteiger partial charge in [-0.2, -0.15) is 0 Å². The van der Waals surface area contributed by atoms with Crippen LogP contribution in [0.5, 0.6) is 5.75 Å². The van der Waals surface area contributed by atoms with Crippen LogP contribution in [0.3, 0.4) is 0 Å². The second kappa shape index (κ2) is 8.91. The summed E-state index contributed by atoms with van der Waals surface area (Å²) in [5.41, 5.74) is -0.234. The summed E-state index contributed by atoms with van der Waals surface area (Å²) in [6, 6.07) is 4.99.